The molecule has 0 saturated carbocycles. The van der Waals surface area contributed by atoms with Crippen LogP contribution in [0, 0.1) is 0 Å². The molecule has 19 heavy (non-hydrogen) atoms. The Morgan fingerprint density at radius 3 is 2.84 bits per heavy atom. The highest BCUT2D eigenvalue weighted by Gasteiger charge is 2.00. The number of hydrogen-bond acceptors (Lipinski definition) is 2. The van der Waals surface area contributed by atoms with Crippen molar-refractivity contribution in [3.63, 3.8) is 0 Å². The average molecular weight is 255 g/mol. The van der Waals surface area contributed by atoms with Gasteiger partial charge in [-0.05, 0) is 32.1 Å². The summed E-state index contributed by atoms with van der Waals surface area (Å²) in [6, 6.07) is 9.67. The molecule has 1 heterocycles. The van der Waals surface area contributed by atoms with Crippen molar-refractivity contribution in [2.24, 2.45) is 0 Å². The second-order valence-corrected chi connectivity index (χ2v) is 4.55. The maximum Gasteiger partial charge on any atom is 0.244 e. The van der Waals surface area contributed by atoms with E-state index in [1.165, 1.54) is 11.6 Å². The first-order valence-electron chi connectivity index (χ1n) is 6.23. The number of rotatable bonds is 4. The topological polar surface area (TPSA) is 42.2 Å². The van der Waals surface area contributed by atoms with Gasteiger partial charge >= 0.3 is 0 Å². The van der Waals surface area contributed by atoms with E-state index < -0.39 is 0 Å². The standard InChI is InChI=1S/C16H17NO2/c1-12(2)9-10-17-16(18)8-7-14-11-13-5-3-4-6-15(13)19-14/h3-9,11H,10H2,1-2H3,(H,17,18). The Labute approximate surface area is 112 Å². The quantitative estimate of drug-likeness (QED) is 0.670. The predicted molar refractivity (Wildman–Crippen MR) is 77.7 cm³/mol. The lowest BCUT2D eigenvalue weighted by Crippen LogP contribution is -2.20. The Hall–Kier alpha value is -2.29. The second kappa shape index (κ2) is 6.05. The molecule has 0 aliphatic carbocycles. The van der Waals surface area contributed by atoms with Gasteiger partial charge < -0.3 is 9.73 Å². The molecule has 0 aliphatic rings. The Bertz CT molecular complexity index is 598. The summed E-state index contributed by atoms with van der Waals surface area (Å²) in [5.74, 6) is 0.552. The summed E-state index contributed by atoms with van der Waals surface area (Å²) in [6.45, 7) is 4.54. The number of amides is 1. The number of fused-ring (bicyclic) bond motifs is 1. The average Bonchev–Trinajstić information content (AvgIpc) is 2.78. The van der Waals surface area contributed by atoms with Gasteiger partial charge in [0.15, 0.2) is 0 Å². The first-order chi connectivity index (χ1) is 9.15. The summed E-state index contributed by atoms with van der Waals surface area (Å²) in [7, 11) is 0. The van der Waals surface area contributed by atoms with Gasteiger partial charge in [0.25, 0.3) is 0 Å². The third kappa shape index (κ3) is 3.85. The zero-order valence-electron chi connectivity index (χ0n) is 11.1. The summed E-state index contributed by atoms with van der Waals surface area (Å²) >= 11 is 0. The second-order valence-electron chi connectivity index (χ2n) is 4.55. The smallest absolute Gasteiger partial charge is 0.244 e. The van der Waals surface area contributed by atoms with Crippen LogP contribution in [0.1, 0.15) is 19.6 Å². The number of nitrogens with one attached hydrogen (secondary N) is 1. The molecule has 0 saturated heterocycles. The molecule has 3 heteroatoms. The minimum absolute atomic E-state index is 0.127. The van der Waals surface area contributed by atoms with Crippen molar-refractivity contribution in [3.05, 3.63) is 53.8 Å². The molecule has 1 aromatic heterocycles. The number of hydrogen-bond donors (Lipinski definition) is 1. The van der Waals surface area contributed by atoms with Crippen LogP contribution in [0.3, 0.4) is 0 Å². The van der Waals surface area contributed by atoms with E-state index in [0.29, 0.717) is 12.3 Å². The molecular weight excluding hydrogens is 238 g/mol. The van der Waals surface area contributed by atoms with Crippen LogP contribution in [-0.4, -0.2) is 12.5 Å². The molecule has 2 aromatic rings. The van der Waals surface area contributed by atoms with E-state index in [9.17, 15) is 4.79 Å². The van der Waals surface area contributed by atoms with Crippen LogP contribution in [0.5, 0.6) is 0 Å². The molecule has 0 spiro atoms. The van der Waals surface area contributed by atoms with Gasteiger partial charge in [-0.2, -0.15) is 0 Å². The van der Waals surface area contributed by atoms with E-state index in [2.05, 4.69) is 5.32 Å². The van der Waals surface area contributed by atoms with Crippen LogP contribution >= 0.6 is 0 Å². The van der Waals surface area contributed by atoms with Crippen molar-refractivity contribution in [3.8, 4) is 0 Å². The number of carbonyl (C=O) groups is 1. The SMILES string of the molecule is CC(C)=CCNC(=O)C=Cc1cc2ccccc2o1. The third-order valence-electron chi connectivity index (χ3n) is 2.63. The van der Waals surface area contributed by atoms with Gasteiger partial charge in [-0.1, -0.05) is 29.8 Å². The van der Waals surface area contributed by atoms with Crippen LogP contribution in [0.2, 0.25) is 0 Å². The van der Waals surface area contributed by atoms with Crippen molar-refractivity contribution in [2.75, 3.05) is 6.54 Å². The fraction of sp³-hybridized carbons (Fsp3) is 0.188. The van der Waals surface area contributed by atoms with E-state index >= 15 is 0 Å². The number of allylic oxidation sites excluding steroid dienone is 1. The molecule has 0 bridgehead atoms. The van der Waals surface area contributed by atoms with E-state index in [-0.39, 0.29) is 5.91 Å². The van der Waals surface area contributed by atoms with Crippen molar-refractivity contribution in [1.29, 1.82) is 0 Å². The lowest BCUT2D eigenvalue weighted by molar-refractivity contribution is -0.116. The predicted octanol–water partition coefficient (Wildman–Crippen LogP) is 3.53. The third-order valence-corrected chi connectivity index (χ3v) is 2.63. The van der Waals surface area contributed by atoms with Crippen LogP contribution in [0.15, 0.2) is 52.5 Å². The number of para-hydroxylation sites is 1. The Kier molecular flexibility index (Phi) is 4.18. The Morgan fingerprint density at radius 2 is 2.11 bits per heavy atom. The molecule has 0 atom stereocenters. The zero-order chi connectivity index (χ0) is 13.7. The van der Waals surface area contributed by atoms with Crippen LogP contribution in [0.25, 0.3) is 17.0 Å². The number of furan rings is 1. The highest BCUT2D eigenvalue weighted by Crippen LogP contribution is 2.19. The van der Waals surface area contributed by atoms with Gasteiger partial charge in [-0.3, -0.25) is 4.79 Å². The highest BCUT2D eigenvalue weighted by molar-refractivity contribution is 5.92. The maximum atomic E-state index is 11.5. The minimum atomic E-state index is -0.127. The molecule has 1 amide bonds. The maximum absolute atomic E-state index is 11.5. The van der Waals surface area contributed by atoms with Gasteiger partial charge in [-0.15, -0.1) is 0 Å². The molecule has 1 N–H and O–H groups in total. The Morgan fingerprint density at radius 1 is 1.32 bits per heavy atom. The molecule has 2 rings (SSSR count). The highest BCUT2D eigenvalue weighted by atomic mass is 16.3. The molecule has 1 aromatic carbocycles. The van der Waals surface area contributed by atoms with Gasteiger partial charge in [0.1, 0.15) is 11.3 Å². The lowest BCUT2D eigenvalue weighted by atomic mass is 10.2. The first-order valence-corrected chi connectivity index (χ1v) is 6.23. The summed E-state index contributed by atoms with van der Waals surface area (Å²) < 4.78 is 5.58. The zero-order valence-corrected chi connectivity index (χ0v) is 11.1. The molecule has 0 fully saturated rings. The normalized spacial score (nSPS) is 10.8. The summed E-state index contributed by atoms with van der Waals surface area (Å²) in [6.07, 6.45) is 5.13. The van der Waals surface area contributed by atoms with Crippen molar-refractivity contribution >= 4 is 23.0 Å². The van der Waals surface area contributed by atoms with Gasteiger partial charge in [0, 0.05) is 18.0 Å². The molecule has 0 aliphatic heterocycles. The Balaban J connectivity index is 1.98. The van der Waals surface area contributed by atoms with Crippen LogP contribution in [-0.2, 0) is 4.79 Å². The monoisotopic (exact) mass is 255 g/mol. The van der Waals surface area contributed by atoms with Crippen molar-refractivity contribution in [2.45, 2.75) is 13.8 Å². The van der Waals surface area contributed by atoms with Crippen molar-refractivity contribution in [1.82, 2.24) is 5.32 Å². The van der Waals surface area contributed by atoms with E-state index in [0.717, 1.165) is 11.0 Å². The lowest BCUT2D eigenvalue weighted by Gasteiger charge is -1.96. The first kappa shape index (κ1) is 13.1. The van der Waals surface area contributed by atoms with E-state index in [4.69, 9.17) is 4.42 Å². The van der Waals surface area contributed by atoms with Gasteiger partial charge in [0.05, 0.1) is 0 Å². The van der Waals surface area contributed by atoms with Crippen molar-refractivity contribution < 1.29 is 9.21 Å². The van der Waals surface area contributed by atoms with Crippen LogP contribution in [0.4, 0.5) is 0 Å². The summed E-state index contributed by atoms with van der Waals surface area (Å²) in [4.78, 5) is 11.5. The largest absolute Gasteiger partial charge is 0.457 e. The molecule has 98 valence electrons. The molecular formula is C16H17NO2. The van der Waals surface area contributed by atoms with Gasteiger partial charge in [0.2, 0.25) is 5.91 Å². The summed E-state index contributed by atoms with van der Waals surface area (Å²) in [5, 5.41) is 3.81. The summed E-state index contributed by atoms with van der Waals surface area (Å²) in [5.41, 5.74) is 2.01. The molecule has 0 unspecified atom stereocenters. The van der Waals surface area contributed by atoms with E-state index in [1.54, 1.807) is 6.08 Å². The molecule has 0 radical (unpaired) electrons. The van der Waals surface area contributed by atoms with E-state index in [1.807, 2.05) is 50.3 Å². The van der Waals surface area contributed by atoms with Gasteiger partial charge in [-0.25, -0.2) is 0 Å². The number of benzene rings is 1. The molecule has 3 nitrogen and oxygen atoms in total. The fourth-order valence-corrected chi connectivity index (χ4v) is 1.66. The minimum Gasteiger partial charge on any atom is -0.457 e. The fourth-order valence-electron chi connectivity index (χ4n) is 1.66. The van der Waals surface area contributed by atoms with Crippen LogP contribution < -0.4 is 5.32 Å². The number of carbonyl (C=O) groups excluding carboxylic acids is 1.